The zero-order valence-corrected chi connectivity index (χ0v) is 11.8. The first-order valence-electron chi connectivity index (χ1n) is 6.31. The number of hydrazone groups is 1. The molecule has 0 bridgehead atoms. The summed E-state index contributed by atoms with van der Waals surface area (Å²) in [6.07, 6.45) is -5.73. The van der Waals surface area contributed by atoms with Gasteiger partial charge in [0.25, 0.3) is 11.6 Å². The summed E-state index contributed by atoms with van der Waals surface area (Å²) in [7, 11) is 0. The summed E-state index contributed by atoms with van der Waals surface area (Å²) in [5.74, 6) is -0.977. The van der Waals surface area contributed by atoms with Crippen LogP contribution in [0, 0.1) is 13.8 Å². The number of alkyl halides is 3. The number of benzene rings is 1. The average molecular weight is 300 g/mol. The molecule has 0 aromatic heterocycles. The molecule has 0 unspecified atom stereocenters. The molecule has 1 N–H and O–H groups in total. The molecule has 0 spiro atoms. The van der Waals surface area contributed by atoms with Gasteiger partial charge in [-0.25, -0.2) is 0 Å². The Labute approximate surface area is 119 Å². The van der Waals surface area contributed by atoms with Gasteiger partial charge in [0.05, 0.1) is 0 Å². The fraction of sp³-hybridized carbons (Fsp3) is 0.429. The quantitative estimate of drug-likeness (QED) is 0.867. The van der Waals surface area contributed by atoms with Gasteiger partial charge >= 0.3 is 6.18 Å². The minimum absolute atomic E-state index is 0.0482. The van der Waals surface area contributed by atoms with Crippen molar-refractivity contribution >= 4 is 11.6 Å². The van der Waals surface area contributed by atoms with E-state index < -0.39 is 24.2 Å². The highest BCUT2D eigenvalue weighted by Crippen LogP contribution is 2.40. The van der Waals surface area contributed by atoms with Gasteiger partial charge < -0.3 is 5.11 Å². The predicted molar refractivity (Wildman–Crippen MR) is 70.8 cm³/mol. The number of rotatable bonds is 1. The first kappa shape index (κ1) is 15.5. The topological polar surface area (TPSA) is 52.9 Å². The van der Waals surface area contributed by atoms with Crippen molar-refractivity contribution in [2.24, 2.45) is 5.10 Å². The average Bonchev–Trinajstić information content (AvgIpc) is 2.68. The lowest BCUT2D eigenvalue weighted by Crippen LogP contribution is -2.56. The Balaban J connectivity index is 2.43. The Morgan fingerprint density at radius 1 is 1.29 bits per heavy atom. The third-order valence-electron chi connectivity index (χ3n) is 3.52. The Hall–Kier alpha value is -1.89. The van der Waals surface area contributed by atoms with Crippen molar-refractivity contribution in [1.29, 1.82) is 0 Å². The van der Waals surface area contributed by atoms with Crippen LogP contribution in [0.25, 0.3) is 0 Å². The summed E-state index contributed by atoms with van der Waals surface area (Å²) in [6, 6.07) is 4.55. The molecule has 0 radical (unpaired) electrons. The van der Waals surface area contributed by atoms with Crippen molar-refractivity contribution in [2.75, 3.05) is 0 Å². The van der Waals surface area contributed by atoms with Gasteiger partial charge in [-0.2, -0.15) is 23.3 Å². The van der Waals surface area contributed by atoms with Gasteiger partial charge in [-0.1, -0.05) is 6.07 Å². The number of nitrogens with zero attached hydrogens (tertiary/aromatic N) is 2. The summed E-state index contributed by atoms with van der Waals surface area (Å²) in [4.78, 5) is 12.3. The number of carbonyl (C=O) groups excluding carboxylic acids is 1. The number of amides is 1. The van der Waals surface area contributed by atoms with E-state index in [9.17, 15) is 23.1 Å². The normalized spacial score (nSPS) is 22.4. The monoisotopic (exact) mass is 300 g/mol. The third-order valence-corrected chi connectivity index (χ3v) is 3.52. The molecule has 21 heavy (non-hydrogen) atoms. The lowest BCUT2D eigenvalue weighted by molar-refractivity contribution is -0.297. The molecule has 7 heteroatoms. The maximum atomic E-state index is 13.1. The van der Waals surface area contributed by atoms with Crippen LogP contribution in [0.5, 0.6) is 0 Å². The zero-order valence-electron chi connectivity index (χ0n) is 11.8. The molecule has 4 nitrogen and oxygen atoms in total. The van der Waals surface area contributed by atoms with Crippen LogP contribution in [0.2, 0.25) is 0 Å². The summed E-state index contributed by atoms with van der Waals surface area (Å²) >= 11 is 0. The molecule has 1 aliphatic heterocycles. The molecule has 2 rings (SSSR count). The molecule has 1 aromatic rings. The fourth-order valence-corrected chi connectivity index (χ4v) is 2.15. The number of aliphatic hydroxyl groups is 1. The first-order valence-corrected chi connectivity index (χ1v) is 6.31. The van der Waals surface area contributed by atoms with Gasteiger partial charge in [0.2, 0.25) is 0 Å². The van der Waals surface area contributed by atoms with Crippen molar-refractivity contribution in [2.45, 2.75) is 39.1 Å². The molecule has 1 atom stereocenters. The van der Waals surface area contributed by atoms with Crippen LogP contribution < -0.4 is 0 Å². The molecule has 1 amide bonds. The Bertz CT molecular complexity index is 625. The van der Waals surface area contributed by atoms with Crippen LogP contribution in [0.4, 0.5) is 13.2 Å². The molecule has 1 aliphatic rings. The second-order valence-electron chi connectivity index (χ2n) is 5.24. The van der Waals surface area contributed by atoms with Crippen molar-refractivity contribution in [3.63, 3.8) is 0 Å². The Morgan fingerprint density at radius 2 is 1.90 bits per heavy atom. The highest BCUT2D eigenvalue weighted by molar-refractivity contribution is 5.98. The van der Waals surface area contributed by atoms with Crippen LogP contribution in [-0.4, -0.2) is 33.6 Å². The van der Waals surface area contributed by atoms with E-state index in [0.29, 0.717) is 0 Å². The molecule has 0 fully saturated rings. The van der Waals surface area contributed by atoms with E-state index in [1.807, 2.05) is 6.92 Å². The van der Waals surface area contributed by atoms with Crippen molar-refractivity contribution in [3.05, 3.63) is 34.9 Å². The standard InChI is InChI=1S/C14H15F3N2O2/c1-8-4-5-11(6-9(8)2)12(20)19-13(21,14(15,16)17)7-10(3)18-19/h4-6,21H,7H2,1-3H3/t13-/m1/s1. The van der Waals surface area contributed by atoms with E-state index in [2.05, 4.69) is 5.10 Å². The largest absolute Gasteiger partial charge is 0.438 e. The molecule has 1 heterocycles. The maximum absolute atomic E-state index is 13.1. The predicted octanol–water partition coefficient (Wildman–Crippen LogP) is 2.78. The minimum Gasteiger partial charge on any atom is -0.362 e. The SMILES string of the molecule is CC1=NN(C(=O)c2ccc(C)c(C)c2)[C@](O)(C(F)(F)F)C1. The zero-order chi connectivity index (χ0) is 16.0. The van der Waals surface area contributed by atoms with Gasteiger partial charge in [0, 0.05) is 17.7 Å². The fourth-order valence-electron chi connectivity index (χ4n) is 2.15. The highest BCUT2D eigenvalue weighted by Gasteiger charge is 2.62. The summed E-state index contributed by atoms with van der Waals surface area (Å²) in [6.45, 7) is 4.92. The van der Waals surface area contributed by atoms with E-state index in [1.165, 1.54) is 19.1 Å². The van der Waals surface area contributed by atoms with Gasteiger partial charge in [-0.15, -0.1) is 0 Å². The lowest BCUT2D eigenvalue weighted by atomic mass is 10.0. The second kappa shape index (κ2) is 4.84. The molecular formula is C14H15F3N2O2. The minimum atomic E-state index is -4.98. The maximum Gasteiger partial charge on any atom is 0.438 e. The number of halogens is 3. The Kier molecular flexibility index (Phi) is 3.57. The highest BCUT2D eigenvalue weighted by atomic mass is 19.4. The van der Waals surface area contributed by atoms with E-state index in [4.69, 9.17) is 0 Å². The van der Waals surface area contributed by atoms with Crippen molar-refractivity contribution < 1.29 is 23.1 Å². The van der Waals surface area contributed by atoms with E-state index >= 15 is 0 Å². The lowest BCUT2D eigenvalue weighted by Gasteiger charge is -2.32. The molecule has 1 aromatic carbocycles. The summed E-state index contributed by atoms with van der Waals surface area (Å²) in [5.41, 5.74) is -1.49. The number of aryl methyl sites for hydroxylation is 2. The second-order valence-corrected chi connectivity index (χ2v) is 5.24. The molecule has 114 valence electrons. The smallest absolute Gasteiger partial charge is 0.362 e. The van der Waals surface area contributed by atoms with E-state index in [0.717, 1.165) is 11.1 Å². The molecular weight excluding hydrogens is 285 g/mol. The Morgan fingerprint density at radius 3 is 2.43 bits per heavy atom. The number of hydrogen-bond donors (Lipinski definition) is 1. The van der Waals surface area contributed by atoms with Gasteiger partial charge in [0.15, 0.2) is 0 Å². The van der Waals surface area contributed by atoms with Crippen molar-refractivity contribution in [3.8, 4) is 0 Å². The molecule has 0 saturated heterocycles. The van der Waals surface area contributed by atoms with Crippen LogP contribution in [0.1, 0.15) is 34.8 Å². The van der Waals surface area contributed by atoms with Crippen molar-refractivity contribution in [1.82, 2.24) is 5.01 Å². The number of hydrogen-bond acceptors (Lipinski definition) is 3. The third kappa shape index (κ3) is 2.53. The van der Waals surface area contributed by atoms with Crippen LogP contribution in [0.15, 0.2) is 23.3 Å². The van der Waals surface area contributed by atoms with Crippen LogP contribution in [-0.2, 0) is 0 Å². The first-order chi connectivity index (χ1) is 9.56. The van der Waals surface area contributed by atoms with Gasteiger partial charge in [-0.05, 0) is 44.0 Å². The van der Waals surface area contributed by atoms with E-state index in [1.54, 1.807) is 13.0 Å². The van der Waals surface area contributed by atoms with E-state index in [-0.39, 0.29) is 16.3 Å². The summed E-state index contributed by atoms with van der Waals surface area (Å²) in [5, 5.41) is 13.6. The number of carbonyl (C=O) groups is 1. The van der Waals surface area contributed by atoms with Crippen LogP contribution in [0.3, 0.4) is 0 Å². The van der Waals surface area contributed by atoms with Gasteiger partial charge in [0.1, 0.15) is 0 Å². The summed E-state index contributed by atoms with van der Waals surface area (Å²) < 4.78 is 39.2. The van der Waals surface area contributed by atoms with Crippen LogP contribution >= 0.6 is 0 Å². The molecule has 0 aliphatic carbocycles. The van der Waals surface area contributed by atoms with Gasteiger partial charge in [-0.3, -0.25) is 4.79 Å². The molecule has 0 saturated carbocycles.